The number of sulfonamides is 1. The van der Waals surface area contributed by atoms with Crippen molar-refractivity contribution in [2.24, 2.45) is 0 Å². The van der Waals surface area contributed by atoms with E-state index in [2.05, 4.69) is 9.46 Å². The fourth-order valence-corrected chi connectivity index (χ4v) is 1.64. The number of nitrogens with one attached hydrogen (secondary N) is 1. The Bertz CT molecular complexity index is 509. The Morgan fingerprint density at radius 2 is 2.06 bits per heavy atom. The van der Waals surface area contributed by atoms with Gasteiger partial charge >= 0.3 is 5.97 Å². The lowest BCUT2D eigenvalue weighted by atomic mass is 10.2. The molecule has 16 heavy (non-hydrogen) atoms. The maximum absolute atomic E-state index is 11.2. The molecule has 0 atom stereocenters. The molecule has 0 heterocycles. The minimum atomic E-state index is -3.42. The molecule has 1 aromatic rings. The molecule has 0 saturated heterocycles. The van der Waals surface area contributed by atoms with E-state index >= 15 is 0 Å². The third kappa shape index (κ3) is 3.13. The Kier molecular flexibility index (Phi) is 3.38. The molecule has 0 aliphatic carbocycles. The predicted octanol–water partition coefficient (Wildman–Crippen LogP) is 0.550. The zero-order valence-corrected chi connectivity index (χ0v) is 9.54. The highest BCUT2D eigenvalue weighted by atomic mass is 32.2. The Balaban J connectivity index is 3.12. The number of methoxy groups -OCH3 is 1. The van der Waals surface area contributed by atoms with E-state index in [1.807, 2.05) is 0 Å². The number of carbonyl (C=O) groups excluding carboxylic acids is 1. The highest BCUT2D eigenvalue weighted by Crippen LogP contribution is 2.22. The van der Waals surface area contributed by atoms with Gasteiger partial charge in [-0.05, 0) is 18.2 Å². The molecule has 0 spiro atoms. The second kappa shape index (κ2) is 4.40. The molecule has 0 amide bonds. The first-order chi connectivity index (χ1) is 7.33. The number of rotatable bonds is 3. The van der Waals surface area contributed by atoms with Gasteiger partial charge in [-0.2, -0.15) is 0 Å². The number of esters is 1. The number of benzene rings is 1. The fraction of sp³-hybridized carbons (Fsp3) is 0.222. The van der Waals surface area contributed by atoms with Gasteiger partial charge in [0.2, 0.25) is 10.0 Å². The first-order valence-electron chi connectivity index (χ1n) is 4.22. The SMILES string of the molecule is COC(=O)c1cc(NS(C)(=O)=O)ccc1O. The topological polar surface area (TPSA) is 92.7 Å². The van der Waals surface area contributed by atoms with E-state index in [0.717, 1.165) is 6.26 Å². The monoisotopic (exact) mass is 245 g/mol. The van der Waals surface area contributed by atoms with Gasteiger partial charge in [0.15, 0.2) is 0 Å². The summed E-state index contributed by atoms with van der Waals surface area (Å²) in [7, 11) is -2.26. The summed E-state index contributed by atoms with van der Waals surface area (Å²) in [4.78, 5) is 11.2. The van der Waals surface area contributed by atoms with Gasteiger partial charge in [-0.3, -0.25) is 4.72 Å². The number of ether oxygens (including phenoxy) is 1. The summed E-state index contributed by atoms with van der Waals surface area (Å²) in [6.07, 6.45) is 0.984. The van der Waals surface area contributed by atoms with Crippen molar-refractivity contribution in [3.63, 3.8) is 0 Å². The summed E-state index contributed by atoms with van der Waals surface area (Å²) >= 11 is 0. The van der Waals surface area contributed by atoms with Crippen LogP contribution in [0.25, 0.3) is 0 Å². The average molecular weight is 245 g/mol. The van der Waals surface area contributed by atoms with Crippen molar-refractivity contribution < 1.29 is 23.1 Å². The lowest BCUT2D eigenvalue weighted by molar-refractivity contribution is 0.0597. The predicted molar refractivity (Wildman–Crippen MR) is 57.9 cm³/mol. The zero-order valence-electron chi connectivity index (χ0n) is 8.72. The van der Waals surface area contributed by atoms with Gasteiger partial charge in [-0.1, -0.05) is 0 Å². The Morgan fingerprint density at radius 3 is 2.56 bits per heavy atom. The molecule has 0 aliphatic rings. The second-order valence-electron chi connectivity index (χ2n) is 3.10. The van der Waals surface area contributed by atoms with E-state index in [1.54, 1.807) is 0 Å². The van der Waals surface area contributed by atoms with Crippen LogP contribution in [0.5, 0.6) is 5.75 Å². The van der Waals surface area contributed by atoms with Crippen molar-refractivity contribution in [1.29, 1.82) is 0 Å². The molecule has 7 heteroatoms. The van der Waals surface area contributed by atoms with Crippen LogP contribution in [0, 0.1) is 0 Å². The minimum absolute atomic E-state index is 0.101. The molecule has 0 saturated carbocycles. The van der Waals surface area contributed by atoms with Crippen LogP contribution in [0.1, 0.15) is 10.4 Å². The molecule has 1 rings (SSSR count). The van der Waals surface area contributed by atoms with E-state index < -0.39 is 16.0 Å². The van der Waals surface area contributed by atoms with Gasteiger partial charge in [0.25, 0.3) is 0 Å². The fourth-order valence-electron chi connectivity index (χ4n) is 1.09. The van der Waals surface area contributed by atoms with E-state index in [-0.39, 0.29) is 17.0 Å². The molecule has 6 nitrogen and oxygen atoms in total. The first kappa shape index (κ1) is 12.3. The summed E-state index contributed by atoms with van der Waals surface area (Å²) in [5, 5.41) is 9.36. The number of hydrogen-bond donors (Lipinski definition) is 2. The van der Waals surface area contributed by atoms with Gasteiger partial charge < -0.3 is 9.84 Å². The molecule has 0 aromatic heterocycles. The number of carbonyl (C=O) groups is 1. The van der Waals surface area contributed by atoms with E-state index in [0.29, 0.717) is 0 Å². The summed E-state index contributed by atoms with van der Waals surface area (Å²) in [6.45, 7) is 0. The molecular weight excluding hydrogens is 234 g/mol. The summed E-state index contributed by atoms with van der Waals surface area (Å²) in [5.41, 5.74) is 0.0804. The van der Waals surface area contributed by atoms with Crippen molar-refractivity contribution in [3.8, 4) is 5.75 Å². The molecule has 0 radical (unpaired) electrons. The largest absolute Gasteiger partial charge is 0.507 e. The van der Waals surface area contributed by atoms with E-state index in [4.69, 9.17) is 0 Å². The van der Waals surface area contributed by atoms with Crippen LogP contribution in [-0.4, -0.2) is 32.9 Å². The Morgan fingerprint density at radius 1 is 1.44 bits per heavy atom. The van der Waals surface area contributed by atoms with Crippen LogP contribution in [0.15, 0.2) is 18.2 Å². The van der Waals surface area contributed by atoms with Crippen LogP contribution >= 0.6 is 0 Å². The summed E-state index contributed by atoms with van der Waals surface area (Å²) in [6, 6.07) is 3.74. The van der Waals surface area contributed by atoms with Crippen molar-refractivity contribution >= 4 is 21.7 Å². The third-order valence-electron chi connectivity index (χ3n) is 1.71. The number of aromatic hydroxyl groups is 1. The third-order valence-corrected chi connectivity index (χ3v) is 2.31. The van der Waals surface area contributed by atoms with Gasteiger partial charge in [-0.15, -0.1) is 0 Å². The standard InChI is InChI=1S/C9H11NO5S/c1-15-9(12)7-5-6(3-4-8(7)11)10-16(2,13)14/h3-5,10-11H,1-2H3. The number of phenolic OH excluding ortho intramolecular Hbond substituents is 1. The van der Waals surface area contributed by atoms with Crippen molar-refractivity contribution in [2.75, 3.05) is 18.1 Å². The normalized spacial score (nSPS) is 10.9. The molecule has 2 N–H and O–H groups in total. The van der Waals surface area contributed by atoms with E-state index in [1.165, 1.54) is 25.3 Å². The summed E-state index contributed by atoms with van der Waals surface area (Å²) < 4.78 is 28.5. The molecular formula is C9H11NO5S. The maximum Gasteiger partial charge on any atom is 0.341 e. The molecule has 1 aromatic carbocycles. The molecule has 0 fully saturated rings. The smallest absolute Gasteiger partial charge is 0.341 e. The highest BCUT2D eigenvalue weighted by Gasteiger charge is 2.13. The Labute approximate surface area is 92.9 Å². The maximum atomic E-state index is 11.2. The van der Waals surface area contributed by atoms with Gasteiger partial charge in [0.1, 0.15) is 11.3 Å². The molecule has 0 aliphatic heterocycles. The molecule has 88 valence electrons. The lowest BCUT2D eigenvalue weighted by Crippen LogP contribution is -2.10. The van der Waals surface area contributed by atoms with Crippen molar-refractivity contribution in [1.82, 2.24) is 0 Å². The van der Waals surface area contributed by atoms with Crippen molar-refractivity contribution in [3.05, 3.63) is 23.8 Å². The highest BCUT2D eigenvalue weighted by molar-refractivity contribution is 7.92. The second-order valence-corrected chi connectivity index (χ2v) is 4.85. The molecule has 0 unspecified atom stereocenters. The number of hydrogen-bond acceptors (Lipinski definition) is 5. The summed E-state index contributed by atoms with van der Waals surface area (Å²) in [5.74, 6) is -1.01. The number of phenols is 1. The van der Waals surface area contributed by atoms with Crippen LogP contribution in [0.4, 0.5) is 5.69 Å². The molecule has 0 bridgehead atoms. The first-order valence-corrected chi connectivity index (χ1v) is 6.12. The number of anilines is 1. The van der Waals surface area contributed by atoms with Gasteiger partial charge in [0, 0.05) is 5.69 Å². The van der Waals surface area contributed by atoms with Gasteiger partial charge in [0.05, 0.1) is 13.4 Å². The average Bonchev–Trinajstić information content (AvgIpc) is 2.18. The van der Waals surface area contributed by atoms with Gasteiger partial charge in [-0.25, -0.2) is 13.2 Å². The van der Waals surface area contributed by atoms with Crippen LogP contribution in [0.3, 0.4) is 0 Å². The van der Waals surface area contributed by atoms with Crippen LogP contribution in [0.2, 0.25) is 0 Å². The van der Waals surface area contributed by atoms with Crippen molar-refractivity contribution in [2.45, 2.75) is 0 Å². The quantitative estimate of drug-likeness (QED) is 0.599. The van der Waals surface area contributed by atoms with Crippen LogP contribution < -0.4 is 4.72 Å². The zero-order chi connectivity index (χ0) is 12.3. The lowest BCUT2D eigenvalue weighted by Gasteiger charge is -2.07. The van der Waals surface area contributed by atoms with Crippen LogP contribution in [-0.2, 0) is 14.8 Å². The Hall–Kier alpha value is -1.76. The van der Waals surface area contributed by atoms with E-state index in [9.17, 15) is 18.3 Å². The minimum Gasteiger partial charge on any atom is -0.507 e.